The molecule has 0 aliphatic carbocycles. The van der Waals surface area contributed by atoms with Gasteiger partial charge in [-0.25, -0.2) is 4.98 Å². The Labute approximate surface area is 131 Å². The van der Waals surface area contributed by atoms with Gasteiger partial charge in [0.1, 0.15) is 0 Å². The van der Waals surface area contributed by atoms with E-state index in [1.54, 1.807) is 25.4 Å². The molecule has 2 rings (SSSR count). The first-order chi connectivity index (χ1) is 10.4. The van der Waals surface area contributed by atoms with Crippen LogP contribution in [-0.4, -0.2) is 28.4 Å². The molecule has 4 nitrogen and oxygen atoms in total. The second-order valence-corrected chi connectivity index (χ2v) is 6.13. The zero-order valence-corrected chi connectivity index (χ0v) is 13.5. The Morgan fingerprint density at radius 3 is 2.45 bits per heavy atom. The normalized spacial score (nSPS) is 11.1. The minimum Gasteiger partial charge on any atom is -0.481 e. The van der Waals surface area contributed by atoms with Crippen molar-refractivity contribution in [1.82, 2.24) is 9.88 Å². The SMILES string of the molecule is COc1cc(C(=O)N(Cc2ccccc2)C(C)(C)C)ccn1. The number of rotatable bonds is 4. The van der Waals surface area contributed by atoms with Crippen molar-refractivity contribution in [2.75, 3.05) is 7.11 Å². The number of carbonyl (C=O) groups is 1. The van der Waals surface area contributed by atoms with E-state index in [-0.39, 0.29) is 11.4 Å². The number of aromatic nitrogens is 1. The number of hydrogen-bond acceptors (Lipinski definition) is 3. The molecule has 0 fully saturated rings. The van der Waals surface area contributed by atoms with E-state index in [2.05, 4.69) is 4.98 Å². The van der Waals surface area contributed by atoms with Crippen molar-refractivity contribution in [3.05, 3.63) is 59.8 Å². The van der Waals surface area contributed by atoms with Crippen LogP contribution in [0.2, 0.25) is 0 Å². The molecule has 0 aliphatic rings. The van der Waals surface area contributed by atoms with E-state index in [4.69, 9.17) is 4.74 Å². The molecule has 0 radical (unpaired) electrons. The molecular formula is C18H22N2O2. The summed E-state index contributed by atoms with van der Waals surface area (Å²) in [6.07, 6.45) is 1.59. The number of nitrogens with zero attached hydrogens (tertiary/aromatic N) is 2. The molecule has 0 aliphatic heterocycles. The van der Waals surface area contributed by atoms with Crippen molar-refractivity contribution >= 4 is 5.91 Å². The maximum absolute atomic E-state index is 12.9. The van der Waals surface area contributed by atoms with E-state index in [0.29, 0.717) is 18.0 Å². The summed E-state index contributed by atoms with van der Waals surface area (Å²) in [5.74, 6) is 0.413. The number of hydrogen-bond donors (Lipinski definition) is 0. The molecule has 0 atom stereocenters. The number of pyridine rings is 1. The van der Waals surface area contributed by atoms with E-state index >= 15 is 0 Å². The Morgan fingerprint density at radius 1 is 1.18 bits per heavy atom. The number of amides is 1. The van der Waals surface area contributed by atoms with Crippen molar-refractivity contribution in [2.24, 2.45) is 0 Å². The van der Waals surface area contributed by atoms with Crippen molar-refractivity contribution in [3.8, 4) is 5.88 Å². The predicted octanol–water partition coefficient (Wildman–Crippen LogP) is 3.53. The number of carbonyl (C=O) groups excluding carboxylic acids is 1. The molecular weight excluding hydrogens is 276 g/mol. The Balaban J connectivity index is 2.30. The van der Waals surface area contributed by atoms with Gasteiger partial charge in [-0.15, -0.1) is 0 Å². The lowest BCUT2D eigenvalue weighted by molar-refractivity contribution is 0.0558. The largest absolute Gasteiger partial charge is 0.481 e. The first kappa shape index (κ1) is 16.0. The zero-order chi connectivity index (χ0) is 16.2. The summed E-state index contributed by atoms with van der Waals surface area (Å²) in [6.45, 7) is 6.67. The monoisotopic (exact) mass is 298 g/mol. The highest BCUT2D eigenvalue weighted by atomic mass is 16.5. The van der Waals surface area contributed by atoms with Crippen LogP contribution in [0.3, 0.4) is 0 Å². The molecule has 0 unspecified atom stereocenters. The molecule has 0 saturated carbocycles. The number of methoxy groups -OCH3 is 1. The van der Waals surface area contributed by atoms with Crippen LogP contribution < -0.4 is 4.74 Å². The number of benzene rings is 1. The van der Waals surface area contributed by atoms with Crippen LogP contribution in [0.1, 0.15) is 36.7 Å². The molecule has 1 amide bonds. The Kier molecular flexibility index (Phi) is 4.81. The van der Waals surface area contributed by atoms with E-state index in [1.807, 2.05) is 56.0 Å². The summed E-state index contributed by atoms with van der Waals surface area (Å²) in [7, 11) is 1.54. The van der Waals surface area contributed by atoms with E-state index in [9.17, 15) is 4.79 Å². The minimum absolute atomic E-state index is 0.0305. The van der Waals surface area contributed by atoms with Gasteiger partial charge in [0.05, 0.1) is 7.11 Å². The molecule has 22 heavy (non-hydrogen) atoms. The summed E-state index contributed by atoms with van der Waals surface area (Å²) in [6, 6.07) is 13.4. The van der Waals surface area contributed by atoms with Gasteiger partial charge in [0, 0.05) is 29.9 Å². The van der Waals surface area contributed by atoms with Crippen molar-refractivity contribution in [2.45, 2.75) is 32.9 Å². The van der Waals surface area contributed by atoms with Crippen LogP contribution in [0.15, 0.2) is 48.7 Å². The summed E-state index contributed by atoms with van der Waals surface area (Å²) >= 11 is 0. The van der Waals surface area contributed by atoms with Gasteiger partial charge < -0.3 is 9.64 Å². The van der Waals surface area contributed by atoms with Gasteiger partial charge in [0.15, 0.2) is 0 Å². The van der Waals surface area contributed by atoms with Gasteiger partial charge in [-0.2, -0.15) is 0 Å². The molecule has 116 valence electrons. The molecule has 1 heterocycles. The third kappa shape index (κ3) is 3.85. The van der Waals surface area contributed by atoms with E-state index in [0.717, 1.165) is 5.56 Å². The molecule has 4 heteroatoms. The Bertz CT molecular complexity index is 633. The maximum atomic E-state index is 12.9. The van der Waals surface area contributed by atoms with Gasteiger partial charge in [0.25, 0.3) is 5.91 Å². The van der Waals surface area contributed by atoms with Crippen molar-refractivity contribution < 1.29 is 9.53 Å². The standard InChI is InChI=1S/C18H22N2O2/c1-18(2,3)20(13-14-8-6-5-7-9-14)17(21)15-10-11-19-16(12-15)22-4/h5-12H,13H2,1-4H3. The van der Waals surface area contributed by atoms with Gasteiger partial charge in [-0.05, 0) is 32.4 Å². The van der Waals surface area contributed by atoms with Crippen LogP contribution in [0, 0.1) is 0 Å². The van der Waals surface area contributed by atoms with Crippen LogP contribution in [0.5, 0.6) is 5.88 Å². The minimum atomic E-state index is -0.288. The Morgan fingerprint density at radius 2 is 1.86 bits per heavy atom. The second-order valence-electron chi connectivity index (χ2n) is 6.13. The second kappa shape index (κ2) is 6.60. The van der Waals surface area contributed by atoms with Gasteiger partial charge >= 0.3 is 0 Å². The van der Waals surface area contributed by atoms with Crippen LogP contribution in [0.25, 0.3) is 0 Å². The molecule has 0 bridgehead atoms. The van der Waals surface area contributed by atoms with Crippen LogP contribution in [0.4, 0.5) is 0 Å². The van der Waals surface area contributed by atoms with Gasteiger partial charge in [-0.1, -0.05) is 30.3 Å². The third-order valence-corrected chi connectivity index (χ3v) is 3.43. The lowest BCUT2D eigenvalue weighted by atomic mass is 10.0. The smallest absolute Gasteiger partial charge is 0.254 e. The fourth-order valence-electron chi connectivity index (χ4n) is 2.19. The molecule has 2 aromatic rings. The quantitative estimate of drug-likeness (QED) is 0.867. The average molecular weight is 298 g/mol. The van der Waals surface area contributed by atoms with E-state index in [1.165, 1.54) is 0 Å². The van der Waals surface area contributed by atoms with Crippen LogP contribution >= 0.6 is 0 Å². The summed E-state index contributed by atoms with van der Waals surface area (Å²) in [5.41, 5.74) is 1.40. The van der Waals surface area contributed by atoms with Crippen molar-refractivity contribution in [1.29, 1.82) is 0 Å². The highest BCUT2D eigenvalue weighted by Gasteiger charge is 2.27. The average Bonchev–Trinajstić information content (AvgIpc) is 2.52. The highest BCUT2D eigenvalue weighted by molar-refractivity contribution is 5.94. The van der Waals surface area contributed by atoms with Crippen LogP contribution in [-0.2, 0) is 6.54 Å². The molecule has 0 spiro atoms. The maximum Gasteiger partial charge on any atom is 0.254 e. The topological polar surface area (TPSA) is 42.4 Å². The number of ether oxygens (including phenoxy) is 1. The fourth-order valence-corrected chi connectivity index (χ4v) is 2.19. The summed E-state index contributed by atoms with van der Waals surface area (Å²) in [4.78, 5) is 18.8. The summed E-state index contributed by atoms with van der Waals surface area (Å²) < 4.78 is 5.11. The molecule has 1 aromatic carbocycles. The predicted molar refractivity (Wildman–Crippen MR) is 86.9 cm³/mol. The lowest BCUT2D eigenvalue weighted by Gasteiger charge is -2.36. The van der Waals surface area contributed by atoms with Crippen molar-refractivity contribution in [3.63, 3.8) is 0 Å². The Hall–Kier alpha value is -2.36. The van der Waals surface area contributed by atoms with E-state index < -0.39 is 0 Å². The molecule has 0 saturated heterocycles. The van der Waals surface area contributed by atoms with Gasteiger partial charge in [0.2, 0.25) is 5.88 Å². The lowest BCUT2D eigenvalue weighted by Crippen LogP contribution is -2.45. The fraction of sp³-hybridized carbons (Fsp3) is 0.333. The highest BCUT2D eigenvalue weighted by Crippen LogP contribution is 2.21. The summed E-state index contributed by atoms with van der Waals surface area (Å²) in [5, 5.41) is 0. The van der Waals surface area contributed by atoms with Gasteiger partial charge in [-0.3, -0.25) is 4.79 Å². The third-order valence-electron chi connectivity index (χ3n) is 3.43. The molecule has 1 aromatic heterocycles. The first-order valence-electron chi connectivity index (χ1n) is 7.28. The molecule has 0 N–H and O–H groups in total. The first-order valence-corrected chi connectivity index (χ1v) is 7.28. The zero-order valence-electron chi connectivity index (χ0n) is 13.5.